The number of hydrogen-bond acceptors (Lipinski definition) is 5. The molecule has 31 heavy (non-hydrogen) atoms. The standard InChI is InChI=1S/C22H29F2N5O2/c1-4-9-29(3)22(2,21(26)31)16(10-14-5-7-17(23)18(24)11-14)20(30)28-13-15-6-8-19(25)27-12-15/h5-8,11-12,16H,4,9-10,13H2,1-3H3,(H2,25,27)(H2,26,31)(H,28,30)/t16-,22?/m1/s1. The van der Waals surface area contributed by atoms with E-state index >= 15 is 0 Å². The van der Waals surface area contributed by atoms with Crippen molar-refractivity contribution in [3.05, 3.63) is 59.3 Å². The lowest BCUT2D eigenvalue weighted by molar-refractivity contribution is -0.141. The number of benzene rings is 1. The van der Waals surface area contributed by atoms with Gasteiger partial charge in [0.05, 0.1) is 5.92 Å². The van der Waals surface area contributed by atoms with E-state index in [1.54, 1.807) is 31.0 Å². The monoisotopic (exact) mass is 433 g/mol. The van der Waals surface area contributed by atoms with Crippen LogP contribution in [0.2, 0.25) is 0 Å². The van der Waals surface area contributed by atoms with Gasteiger partial charge in [-0.2, -0.15) is 0 Å². The van der Waals surface area contributed by atoms with Crippen molar-refractivity contribution in [2.24, 2.45) is 11.7 Å². The third kappa shape index (κ3) is 5.75. The second-order valence-corrected chi connectivity index (χ2v) is 7.75. The summed E-state index contributed by atoms with van der Waals surface area (Å²) < 4.78 is 27.1. The molecule has 2 rings (SSSR count). The number of carbonyl (C=O) groups excluding carboxylic acids is 2. The molecule has 7 nitrogen and oxygen atoms in total. The Hall–Kier alpha value is -3.07. The molecule has 1 aromatic carbocycles. The smallest absolute Gasteiger partial charge is 0.238 e. The molecule has 0 radical (unpaired) electrons. The maximum Gasteiger partial charge on any atom is 0.238 e. The van der Waals surface area contributed by atoms with Crippen LogP contribution in [0.3, 0.4) is 0 Å². The van der Waals surface area contributed by atoms with Crippen LogP contribution < -0.4 is 16.8 Å². The molecule has 0 aliphatic carbocycles. The third-order valence-electron chi connectivity index (χ3n) is 5.58. The van der Waals surface area contributed by atoms with Crippen LogP contribution in [-0.4, -0.2) is 40.8 Å². The highest BCUT2D eigenvalue weighted by Gasteiger charge is 2.46. The summed E-state index contributed by atoms with van der Waals surface area (Å²) in [5.41, 5.74) is 11.1. The van der Waals surface area contributed by atoms with Crippen LogP contribution >= 0.6 is 0 Å². The number of nitrogen functional groups attached to an aromatic ring is 1. The van der Waals surface area contributed by atoms with Gasteiger partial charge in [0.1, 0.15) is 11.4 Å². The lowest BCUT2D eigenvalue weighted by Gasteiger charge is -2.41. The van der Waals surface area contributed by atoms with Crippen LogP contribution in [0.5, 0.6) is 0 Å². The number of nitrogens with zero attached hydrogens (tertiary/aromatic N) is 2. The predicted octanol–water partition coefficient (Wildman–Crippen LogP) is 2.00. The molecule has 0 saturated heterocycles. The summed E-state index contributed by atoms with van der Waals surface area (Å²) in [7, 11) is 1.71. The van der Waals surface area contributed by atoms with Crippen molar-refractivity contribution in [1.29, 1.82) is 0 Å². The van der Waals surface area contributed by atoms with Gasteiger partial charge in [-0.1, -0.05) is 19.1 Å². The number of hydrogen-bond donors (Lipinski definition) is 3. The van der Waals surface area contributed by atoms with Gasteiger partial charge in [-0.15, -0.1) is 0 Å². The first-order valence-electron chi connectivity index (χ1n) is 10.0. The maximum atomic E-state index is 13.8. The number of primary amides is 1. The number of rotatable bonds is 10. The Morgan fingerprint density at radius 3 is 2.42 bits per heavy atom. The molecule has 0 bridgehead atoms. The average Bonchev–Trinajstić information content (AvgIpc) is 2.73. The van der Waals surface area contributed by atoms with E-state index in [2.05, 4.69) is 10.3 Å². The van der Waals surface area contributed by atoms with Crippen LogP contribution in [0.1, 0.15) is 31.4 Å². The zero-order valence-electron chi connectivity index (χ0n) is 18.0. The molecule has 5 N–H and O–H groups in total. The van der Waals surface area contributed by atoms with Crippen LogP contribution in [0, 0.1) is 17.6 Å². The summed E-state index contributed by atoms with van der Waals surface area (Å²) in [6.45, 7) is 4.21. The number of carbonyl (C=O) groups is 2. The number of anilines is 1. The highest BCUT2D eigenvalue weighted by atomic mass is 19.2. The van der Waals surface area contributed by atoms with Crippen molar-refractivity contribution in [2.45, 2.75) is 38.8 Å². The normalized spacial score (nSPS) is 14.1. The summed E-state index contributed by atoms with van der Waals surface area (Å²) in [4.78, 5) is 31.5. The topological polar surface area (TPSA) is 114 Å². The molecular formula is C22H29F2N5O2. The Kier molecular flexibility index (Phi) is 8.04. The van der Waals surface area contributed by atoms with Crippen molar-refractivity contribution in [3.8, 4) is 0 Å². The largest absolute Gasteiger partial charge is 0.384 e. The third-order valence-corrected chi connectivity index (χ3v) is 5.58. The number of pyridine rings is 1. The van der Waals surface area contributed by atoms with Crippen LogP contribution in [0.15, 0.2) is 36.5 Å². The summed E-state index contributed by atoms with van der Waals surface area (Å²) in [5, 5.41) is 2.80. The first kappa shape index (κ1) is 24.2. The van der Waals surface area contributed by atoms with Gasteiger partial charge in [-0.05, 0) is 62.7 Å². The van der Waals surface area contributed by atoms with Gasteiger partial charge in [0, 0.05) is 12.7 Å². The lowest BCUT2D eigenvalue weighted by Crippen LogP contribution is -2.62. The molecule has 1 unspecified atom stereocenters. The van der Waals surface area contributed by atoms with Crippen molar-refractivity contribution in [3.63, 3.8) is 0 Å². The van der Waals surface area contributed by atoms with Crippen molar-refractivity contribution in [1.82, 2.24) is 15.2 Å². The summed E-state index contributed by atoms with van der Waals surface area (Å²) >= 11 is 0. The minimum absolute atomic E-state index is 0.00346. The number of halogens is 2. The van der Waals surface area contributed by atoms with Crippen LogP contribution in [-0.2, 0) is 22.6 Å². The van der Waals surface area contributed by atoms with Gasteiger partial charge in [-0.25, -0.2) is 13.8 Å². The number of nitrogens with one attached hydrogen (secondary N) is 1. The van der Waals surface area contributed by atoms with Gasteiger partial charge in [0.15, 0.2) is 11.6 Å². The Bertz CT molecular complexity index is 923. The summed E-state index contributed by atoms with van der Waals surface area (Å²) in [5.74, 6) is -3.72. The number of aromatic nitrogens is 1. The Balaban J connectivity index is 2.36. The van der Waals surface area contributed by atoms with Gasteiger partial charge in [0.2, 0.25) is 11.8 Å². The molecule has 9 heteroatoms. The lowest BCUT2D eigenvalue weighted by atomic mass is 9.78. The molecule has 2 aromatic rings. The fourth-order valence-corrected chi connectivity index (χ4v) is 3.50. The highest BCUT2D eigenvalue weighted by molar-refractivity contribution is 5.92. The van der Waals surface area contributed by atoms with Gasteiger partial charge in [0.25, 0.3) is 0 Å². The molecule has 168 valence electrons. The first-order valence-corrected chi connectivity index (χ1v) is 10.0. The molecule has 0 saturated carbocycles. The second kappa shape index (κ2) is 10.3. The number of likely N-dealkylation sites (N-methyl/N-ethyl adjacent to an activating group) is 1. The fourth-order valence-electron chi connectivity index (χ4n) is 3.50. The highest BCUT2D eigenvalue weighted by Crippen LogP contribution is 2.29. The zero-order chi connectivity index (χ0) is 23.2. The van der Waals surface area contributed by atoms with E-state index in [0.717, 1.165) is 24.1 Å². The fraction of sp³-hybridized carbons (Fsp3) is 0.409. The van der Waals surface area contributed by atoms with E-state index in [1.165, 1.54) is 12.3 Å². The Labute approximate surface area is 180 Å². The van der Waals surface area contributed by atoms with Crippen molar-refractivity contribution in [2.75, 3.05) is 19.3 Å². The van der Waals surface area contributed by atoms with E-state index in [1.807, 2.05) is 6.92 Å². The molecule has 1 aromatic heterocycles. The number of amides is 2. The minimum atomic E-state index is -1.36. The van der Waals surface area contributed by atoms with E-state index in [-0.39, 0.29) is 13.0 Å². The van der Waals surface area contributed by atoms with Gasteiger partial charge >= 0.3 is 0 Å². The summed E-state index contributed by atoms with van der Waals surface area (Å²) in [6.07, 6.45) is 2.27. The van der Waals surface area contributed by atoms with E-state index in [4.69, 9.17) is 11.5 Å². The molecule has 0 aliphatic heterocycles. The van der Waals surface area contributed by atoms with Crippen LogP contribution in [0.4, 0.5) is 14.6 Å². The van der Waals surface area contributed by atoms with Crippen molar-refractivity contribution >= 4 is 17.6 Å². The van der Waals surface area contributed by atoms with Crippen LogP contribution in [0.25, 0.3) is 0 Å². The maximum absolute atomic E-state index is 13.8. The first-order chi connectivity index (χ1) is 14.6. The molecule has 2 atom stereocenters. The predicted molar refractivity (Wildman–Crippen MR) is 115 cm³/mol. The van der Waals surface area contributed by atoms with Gasteiger partial charge < -0.3 is 16.8 Å². The molecule has 1 heterocycles. The molecule has 2 amide bonds. The van der Waals surface area contributed by atoms with Crippen molar-refractivity contribution < 1.29 is 18.4 Å². The van der Waals surface area contributed by atoms with E-state index < -0.39 is 34.9 Å². The van der Waals surface area contributed by atoms with Gasteiger partial charge in [-0.3, -0.25) is 14.5 Å². The molecule has 0 spiro atoms. The zero-order valence-corrected chi connectivity index (χ0v) is 18.0. The van der Waals surface area contributed by atoms with E-state index in [0.29, 0.717) is 17.9 Å². The Morgan fingerprint density at radius 2 is 1.87 bits per heavy atom. The molecule has 0 fully saturated rings. The number of nitrogens with two attached hydrogens (primary N) is 2. The quantitative estimate of drug-likeness (QED) is 0.530. The van der Waals surface area contributed by atoms with E-state index in [9.17, 15) is 18.4 Å². The average molecular weight is 434 g/mol. The minimum Gasteiger partial charge on any atom is -0.384 e. The molecular weight excluding hydrogens is 404 g/mol. The SMILES string of the molecule is CCCN(C)C(C)(C(N)=O)[C@H](Cc1ccc(F)c(F)c1)C(=O)NCc1ccc(N)nc1. The Morgan fingerprint density at radius 1 is 1.19 bits per heavy atom. The second-order valence-electron chi connectivity index (χ2n) is 7.75. The molecule has 0 aliphatic rings. The summed E-state index contributed by atoms with van der Waals surface area (Å²) in [6, 6.07) is 6.76.